The molecule has 2 aromatic rings. The molecule has 0 spiro atoms. The van der Waals surface area contributed by atoms with E-state index in [-0.39, 0.29) is 18.1 Å². The van der Waals surface area contributed by atoms with Crippen LogP contribution in [0, 0.1) is 10.1 Å². The molecule has 120 valence electrons. The minimum Gasteiger partial charge on any atom is -0.340 e. The van der Waals surface area contributed by atoms with Gasteiger partial charge >= 0.3 is 0 Å². The lowest BCUT2D eigenvalue weighted by Gasteiger charge is -2.18. The second kappa shape index (κ2) is 7.06. The Kier molecular flexibility index (Phi) is 5.13. The van der Waals surface area contributed by atoms with Crippen LogP contribution in [0.1, 0.15) is 5.56 Å². The molecule has 0 aliphatic rings. The highest BCUT2D eigenvalue weighted by Gasteiger charge is 2.14. The molecule has 1 heterocycles. The van der Waals surface area contributed by atoms with Gasteiger partial charge in [-0.2, -0.15) is 0 Å². The fraction of sp³-hybridized carbons (Fsp3) is 0.200. The van der Waals surface area contributed by atoms with E-state index in [0.29, 0.717) is 11.6 Å². The molecule has 2 rings (SSSR count). The topological polar surface area (TPSA) is 85.4 Å². The SMILES string of the molecule is CN(Cc1ccc(Cl)cc1)C(=O)Cn1cc([N+](=O)[O-])ccc1=O. The lowest BCUT2D eigenvalue weighted by molar-refractivity contribution is -0.385. The Bertz CT molecular complexity index is 786. The van der Waals surface area contributed by atoms with Gasteiger partial charge in [0.25, 0.3) is 11.2 Å². The maximum Gasteiger partial charge on any atom is 0.285 e. The Morgan fingerprint density at radius 2 is 1.91 bits per heavy atom. The van der Waals surface area contributed by atoms with Gasteiger partial charge in [-0.25, -0.2) is 0 Å². The molecular formula is C15H14ClN3O4. The van der Waals surface area contributed by atoms with Crippen molar-refractivity contribution in [1.29, 1.82) is 0 Å². The molecule has 0 atom stereocenters. The van der Waals surface area contributed by atoms with Gasteiger partial charge in [-0.15, -0.1) is 0 Å². The number of nitro groups is 1. The van der Waals surface area contributed by atoms with E-state index in [9.17, 15) is 19.7 Å². The summed E-state index contributed by atoms with van der Waals surface area (Å²) in [6, 6.07) is 9.23. The summed E-state index contributed by atoms with van der Waals surface area (Å²) in [4.78, 5) is 35.5. The van der Waals surface area contributed by atoms with Crippen molar-refractivity contribution in [1.82, 2.24) is 9.47 Å². The summed E-state index contributed by atoms with van der Waals surface area (Å²) < 4.78 is 1.03. The number of aromatic nitrogens is 1. The molecular weight excluding hydrogens is 322 g/mol. The number of pyridine rings is 1. The zero-order chi connectivity index (χ0) is 17.0. The van der Waals surface area contributed by atoms with Gasteiger partial charge in [-0.3, -0.25) is 24.3 Å². The second-order valence-corrected chi connectivity index (χ2v) is 5.42. The molecule has 0 unspecified atom stereocenters. The molecule has 23 heavy (non-hydrogen) atoms. The zero-order valence-corrected chi connectivity index (χ0v) is 13.1. The third-order valence-electron chi connectivity index (χ3n) is 3.24. The molecule has 0 radical (unpaired) electrons. The number of rotatable bonds is 5. The van der Waals surface area contributed by atoms with E-state index in [2.05, 4.69) is 0 Å². The number of carbonyl (C=O) groups is 1. The van der Waals surface area contributed by atoms with E-state index < -0.39 is 10.5 Å². The average molecular weight is 336 g/mol. The van der Waals surface area contributed by atoms with Gasteiger partial charge in [0, 0.05) is 30.7 Å². The second-order valence-electron chi connectivity index (χ2n) is 4.99. The van der Waals surface area contributed by atoms with Gasteiger partial charge in [0.2, 0.25) is 5.91 Å². The van der Waals surface area contributed by atoms with Crippen molar-refractivity contribution in [3.8, 4) is 0 Å². The number of nitrogens with zero attached hydrogens (tertiary/aromatic N) is 3. The van der Waals surface area contributed by atoms with Crippen LogP contribution in [0.15, 0.2) is 47.4 Å². The highest BCUT2D eigenvalue weighted by Crippen LogP contribution is 2.11. The van der Waals surface area contributed by atoms with Crippen molar-refractivity contribution in [3.05, 3.63) is 73.6 Å². The number of benzene rings is 1. The lowest BCUT2D eigenvalue weighted by Crippen LogP contribution is -2.33. The summed E-state index contributed by atoms with van der Waals surface area (Å²) in [5.41, 5.74) is 0.179. The van der Waals surface area contributed by atoms with Crippen LogP contribution >= 0.6 is 11.6 Å². The van der Waals surface area contributed by atoms with Crippen molar-refractivity contribution in [3.63, 3.8) is 0 Å². The molecule has 8 heteroatoms. The Labute approximate surface area is 136 Å². The largest absolute Gasteiger partial charge is 0.340 e. The van der Waals surface area contributed by atoms with Crippen LogP contribution in [0.5, 0.6) is 0 Å². The summed E-state index contributed by atoms with van der Waals surface area (Å²) in [6.45, 7) is 0.0876. The Morgan fingerprint density at radius 3 is 2.52 bits per heavy atom. The van der Waals surface area contributed by atoms with Gasteiger partial charge in [-0.05, 0) is 17.7 Å². The van der Waals surface area contributed by atoms with E-state index in [4.69, 9.17) is 11.6 Å². The maximum absolute atomic E-state index is 12.2. The first-order chi connectivity index (χ1) is 10.9. The van der Waals surface area contributed by atoms with Crippen LogP contribution in [0.4, 0.5) is 5.69 Å². The van der Waals surface area contributed by atoms with Crippen LogP contribution < -0.4 is 5.56 Å². The molecule has 1 aromatic heterocycles. The maximum atomic E-state index is 12.2. The van der Waals surface area contributed by atoms with Gasteiger partial charge in [-0.1, -0.05) is 23.7 Å². The molecule has 0 fully saturated rings. The number of hydrogen-bond acceptors (Lipinski definition) is 4. The summed E-state index contributed by atoms with van der Waals surface area (Å²) >= 11 is 5.80. The van der Waals surface area contributed by atoms with Crippen LogP contribution in [0.3, 0.4) is 0 Å². The molecule has 0 saturated carbocycles. The van der Waals surface area contributed by atoms with Gasteiger partial charge in [0.05, 0.1) is 11.1 Å². The van der Waals surface area contributed by atoms with Crippen molar-refractivity contribution >= 4 is 23.2 Å². The predicted octanol–water partition coefficient (Wildman–Crippen LogP) is 2.07. The molecule has 0 saturated heterocycles. The smallest absolute Gasteiger partial charge is 0.285 e. The first-order valence-corrected chi connectivity index (χ1v) is 7.08. The quantitative estimate of drug-likeness (QED) is 0.618. The first kappa shape index (κ1) is 16.7. The predicted molar refractivity (Wildman–Crippen MR) is 85.3 cm³/mol. The normalized spacial score (nSPS) is 10.3. The number of hydrogen-bond donors (Lipinski definition) is 0. The molecule has 7 nitrogen and oxygen atoms in total. The van der Waals surface area contributed by atoms with E-state index in [0.717, 1.165) is 28.5 Å². The number of halogens is 1. The summed E-state index contributed by atoms with van der Waals surface area (Å²) in [7, 11) is 1.60. The summed E-state index contributed by atoms with van der Waals surface area (Å²) in [6.07, 6.45) is 1.07. The minimum atomic E-state index is -0.613. The van der Waals surface area contributed by atoms with Crippen LogP contribution in [-0.4, -0.2) is 27.3 Å². The van der Waals surface area contributed by atoms with Gasteiger partial charge in [0.15, 0.2) is 0 Å². The van der Waals surface area contributed by atoms with Gasteiger partial charge in [0.1, 0.15) is 6.54 Å². The average Bonchev–Trinajstić information content (AvgIpc) is 2.51. The lowest BCUT2D eigenvalue weighted by atomic mass is 10.2. The molecule has 0 bridgehead atoms. The molecule has 1 aromatic carbocycles. The number of amides is 1. The molecule has 1 amide bonds. The monoisotopic (exact) mass is 335 g/mol. The Morgan fingerprint density at radius 1 is 1.26 bits per heavy atom. The van der Waals surface area contributed by atoms with Crippen molar-refractivity contribution in [2.45, 2.75) is 13.1 Å². The third-order valence-corrected chi connectivity index (χ3v) is 3.50. The fourth-order valence-electron chi connectivity index (χ4n) is 1.97. The zero-order valence-electron chi connectivity index (χ0n) is 12.3. The number of likely N-dealkylation sites (N-methyl/N-ethyl adjacent to an activating group) is 1. The van der Waals surface area contributed by atoms with Crippen molar-refractivity contribution in [2.24, 2.45) is 0 Å². The van der Waals surface area contributed by atoms with Crippen LogP contribution in [0.2, 0.25) is 5.02 Å². The summed E-state index contributed by atoms with van der Waals surface area (Å²) in [5.74, 6) is -0.331. The van der Waals surface area contributed by atoms with E-state index in [1.807, 2.05) is 0 Å². The highest BCUT2D eigenvalue weighted by molar-refractivity contribution is 6.30. The van der Waals surface area contributed by atoms with Crippen LogP contribution in [0.25, 0.3) is 0 Å². The number of carbonyl (C=O) groups excluding carboxylic acids is 1. The van der Waals surface area contributed by atoms with Crippen molar-refractivity contribution < 1.29 is 9.72 Å². The fourth-order valence-corrected chi connectivity index (χ4v) is 2.09. The van der Waals surface area contributed by atoms with E-state index in [1.165, 1.54) is 4.90 Å². The van der Waals surface area contributed by atoms with Gasteiger partial charge < -0.3 is 4.90 Å². The van der Waals surface area contributed by atoms with E-state index >= 15 is 0 Å². The molecule has 0 aliphatic carbocycles. The van der Waals surface area contributed by atoms with Crippen LogP contribution in [-0.2, 0) is 17.9 Å². The summed E-state index contributed by atoms with van der Waals surface area (Å²) in [5, 5.41) is 11.3. The molecule has 0 N–H and O–H groups in total. The highest BCUT2D eigenvalue weighted by atomic mass is 35.5. The minimum absolute atomic E-state index is 0.238. The Hall–Kier alpha value is -2.67. The third kappa shape index (κ3) is 4.40. The van der Waals surface area contributed by atoms with Crippen molar-refractivity contribution in [2.75, 3.05) is 7.05 Å². The first-order valence-electron chi connectivity index (χ1n) is 6.70. The van der Waals surface area contributed by atoms with E-state index in [1.54, 1.807) is 31.3 Å². The Balaban J connectivity index is 2.09. The molecule has 0 aliphatic heterocycles. The standard InChI is InChI=1S/C15H14ClN3O4/c1-17(8-11-2-4-12(16)5-3-11)15(21)10-18-9-13(19(22)23)6-7-14(18)20/h2-7,9H,8,10H2,1H3.